The van der Waals surface area contributed by atoms with E-state index < -0.39 is 0 Å². The molecule has 0 spiro atoms. The summed E-state index contributed by atoms with van der Waals surface area (Å²) >= 11 is 1.85. The van der Waals surface area contributed by atoms with Gasteiger partial charge in [-0.25, -0.2) is 24.9 Å². The smallest absolute Gasteiger partial charge is 0.252 e. The maximum absolute atomic E-state index is 5.67. The summed E-state index contributed by atoms with van der Waals surface area (Å²) in [5.41, 5.74) is 23.1. The average Bonchev–Trinajstić information content (AvgIpc) is 1.09. The molecule has 10 heteroatoms. The molecule has 0 radical (unpaired) electrons. The summed E-state index contributed by atoms with van der Waals surface area (Å²) in [7, 11) is 0. The summed E-state index contributed by atoms with van der Waals surface area (Å²) in [4.78, 5) is 31.8. The van der Waals surface area contributed by atoms with Crippen LogP contribution in [0.1, 0.15) is 0 Å². The Morgan fingerprint density at radius 3 is 1.45 bits per heavy atom. The number of para-hydroxylation sites is 4. The third-order valence-electron chi connectivity index (χ3n) is 18.9. The molecule has 0 saturated carbocycles. The summed E-state index contributed by atoms with van der Waals surface area (Å²) in [5.74, 6) is 2.27. The molecule has 442 valence electrons. The molecule has 0 N–H and O–H groups in total. The molecule has 95 heavy (non-hydrogen) atoms. The molecule has 17 aromatic rings. The zero-order valence-corrected chi connectivity index (χ0v) is 52.0. The SMILES string of the molecule is c1ccc(-c2cc(-c3ccc(-c4cccc(N5c6ccccc6B6c7ccccc7N(c7ccccc7)c7cccc5c76)c4)cc3)nc(-c3cc(-c4nc(-c5ccccc5)nc(-c5ccccc5)n4)ccc3-n3c4ccccc4c4c5sc6ccccc6c5ccc43)n2)cc1. The van der Waals surface area contributed by atoms with Gasteiger partial charge in [-0.3, -0.25) is 0 Å². The zero-order valence-electron chi connectivity index (χ0n) is 51.2. The molecule has 0 amide bonds. The van der Waals surface area contributed by atoms with Gasteiger partial charge in [0.25, 0.3) is 6.71 Å². The van der Waals surface area contributed by atoms with Crippen molar-refractivity contribution in [3.8, 4) is 84.9 Å². The first kappa shape index (κ1) is 54.4. The van der Waals surface area contributed by atoms with Gasteiger partial charge in [-0.15, -0.1) is 11.3 Å². The van der Waals surface area contributed by atoms with E-state index in [4.69, 9.17) is 24.9 Å². The lowest BCUT2D eigenvalue weighted by Crippen LogP contribution is -2.61. The predicted octanol–water partition coefficient (Wildman–Crippen LogP) is 19.9. The van der Waals surface area contributed by atoms with E-state index in [1.807, 2.05) is 78.1 Å². The second-order valence-corrected chi connectivity index (χ2v) is 25.3. The first-order valence-electron chi connectivity index (χ1n) is 32.1. The largest absolute Gasteiger partial charge is 0.311 e. The van der Waals surface area contributed by atoms with Crippen molar-refractivity contribution in [3.05, 3.63) is 322 Å². The van der Waals surface area contributed by atoms with Gasteiger partial charge in [-0.1, -0.05) is 231 Å². The van der Waals surface area contributed by atoms with Gasteiger partial charge in [0.15, 0.2) is 23.3 Å². The minimum Gasteiger partial charge on any atom is -0.311 e. The molecule has 13 aromatic carbocycles. The number of nitrogens with zero attached hydrogens (tertiary/aromatic N) is 8. The van der Waals surface area contributed by atoms with Crippen LogP contribution in [0, 0.1) is 0 Å². The Kier molecular flexibility index (Phi) is 12.7. The minimum atomic E-state index is 0.0601. The van der Waals surface area contributed by atoms with Gasteiger partial charge in [0.1, 0.15) is 0 Å². The molecule has 6 heterocycles. The molecular formula is C85H53BN8S. The van der Waals surface area contributed by atoms with Gasteiger partial charge in [0, 0.05) is 98.4 Å². The van der Waals surface area contributed by atoms with Crippen molar-refractivity contribution in [2.24, 2.45) is 0 Å². The van der Waals surface area contributed by atoms with Crippen LogP contribution in [0.4, 0.5) is 34.1 Å². The Bertz CT molecular complexity index is 5820. The second-order valence-electron chi connectivity index (χ2n) is 24.3. The summed E-state index contributed by atoms with van der Waals surface area (Å²) in [6.45, 7) is 0.0601. The molecule has 2 aliphatic heterocycles. The van der Waals surface area contributed by atoms with E-state index in [9.17, 15) is 0 Å². The van der Waals surface area contributed by atoms with Crippen LogP contribution in [0.15, 0.2) is 322 Å². The lowest BCUT2D eigenvalue weighted by atomic mass is 9.33. The van der Waals surface area contributed by atoms with E-state index in [-0.39, 0.29) is 6.71 Å². The quantitative estimate of drug-likeness (QED) is 0.126. The molecule has 19 rings (SSSR count). The number of hydrogen-bond donors (Lipinski definition) is 0. The standard InChI is InChI=1S/C85H53BN8S/c1-5-23-55(24-6-1)69-53-70(56-45-43-54(44-46-56)59-29-21-32-62(51-59)93-74-39-19-16-36-68(74)86-67-35-15-18-38-73(67)92(61-30-11-4-12-31-61)76-40-22-41-77(93)80(76)86)88-85(87-69)66-52-60(84-90-82(57-25-7-2-8-26-57)89-83(91-84)58-27-9-3-10-28-58)47-49-72(66)94-71-37-17-13-34-65(71)79-75(94)50-48-64-63-33-14-20-42-78(63)95-81(64)79/h1-53H. The highest BCUT2D eigenvalue weighted by atomic mass is 32.1. The fourth-order valence-electron chi connectivity index (χ4n) is 14.6. The third kappa shape index (κ3) is 9.02. The number of rotatable bonds is 10. The van der Waals surface area contributed by atoms with Gasteiger partial charge in [0.2, 0.25) is 0 Å². The van der Waals surface area contributed by atoms with Crippen molar-refractivity contribution >= 4 is 111 Å². The van der Waals surface area contributed by atoms with Crippen molar-refractivity contribution in [1.29, 1.82) is 0 Å². The van der Waals surface area contributed by atoms with Crippen molar-refractivity contribution in [2.45, 2.75) is 0 Å². The molecule has 2 aliphatic rings. The Hall–Kier alpha value is -12.4. The van der Waals surface area contributed by atoms with Crippen LogP contribution in [-0.2, 0) is 0 Å². The van der Waals surface area contributed by atoms with Gasteiger partial charge in [0.05, 0.1) is 28.1 Å². The highest BCUT2D eigenvalue weighted by Gasteiger charge is 2.43. The second kappa shape index (κ2) is 22.2. The summed E-state index contributed by atoms with van der Waals surface area (Å²) < 4.78 is 4.92. The molecule has 0 saturated heterocycles. The molecule has 8 nitrogen and oxygen atoms in total. The van der Waals surface area contributed by atoms with Crippen molar-refractivity contribution in [3.63, 3.8) is 0 Å². The van der Waals surface area contributed by atoms with Gasteiger partial charge in [-0.2, -0.15) is 0 Å². The van der Waals surface area contributed by atoms with E-state index in [0.717, 1.165) is 84.0 Å². The zero-order chi connectivity index (χ0) is 62.5. The van der Waals surface area contributed by atoms with Gasteiger partial charge < -0.3 is 14.4 Å². The highest BCUT2D eigenvalue weighted by Crippen LogP contribution is 2.47. The van der Waals surface area contributed by atoms with Gasteiger partial charge in [-0.05, 0) is 119 Å². The van der Waals surface area contributed by atoms with E-state index in [0.29, 0.717) is 23.3 Å². The van der Waals surface area contributed by atoms with Crippen molar-refractivity contribution in [2.75, 3.05) is 9.80 Å². The fourth-order valence-corrected chi connectivity index (χ4v) is 15.8. The number of anilines is 6. The molecule has 0 atom stereocenters. The molecule has 4 aromatic heterocycles. The van der Waals surface area contributed by atoms with E-state index in [2.05, 4.69) is 269 Å². The third-order valence-corrected chi connectivity index (χ3v) is 20.1. The van der Waals surface area contributed by atoms with Crippen LogP contribution in [0.2, 0.25) is 0 Å². The number of benzene rings is 13. The van der Waals surface area contributed by atoms with Crippen LogP contribution in [0.25, 0.3) is 127 Å². The topological polar surface area (TPSA) is 75.9 Å². The summed E-state index contributed by atoms with van der Waals surface area (Å²) in [6.07, 6.45) is 0. The summed E-state index contributed by atoms with van der Waals surface area (Å²) in [6, 6.07) is 115. The maximum Gasteiger partial charge on any atom is 0.252 e. The van der Waals surface area contributed by atoms with Crippen LogP contribution >= 0.6 is 11.3 Å². The minimum absolute atomic E-state index is 0.0601. The van der Waals surface area contributed by atoms with Crippen LogP contribution in [0.3, 0.4) is 0 Å². The first-order chi connectivity index (χ1) is 47.1. The predicted molar refractivity (Wildman–Crippen MR) is 395 cm³/mol. The molecule has 0 bridgehead atoms. The normalized spacial score (nSPS) is 12.4. The van der Waals surface area contributed by atoms with Crippen molar-refractivity contribution in [1.82, 2.24) is 29.5 Å². The molecule has 0 fully saturated rings. The van der Waals surface area contributed by atoms with E-state index in [1.165, 1.54) is 70.1 Å². The molecule has 0 aliphatic carbocycles. The molecule has 0 unspecified atom stereocenters. The molecular weight excluding hydrogens is 1180 g/mol. The van der Waals surface area contributed by atoms with Crippen LogP contribution < -0.4 is 26.2 Å². The number of thiophene rings is 1. The monoisotopic (exact) mass is 1230 g/mol. The fraction of sp³-hybridized carbons (Fsp3) is 0. The summed E-state index contributed by atoms with van der Waals surface area (Å²) in [5, 5.41) is 4.90. The van der Waals surface area contributed by atoms with Crippen LogP contribution in [0.5, 0.6) is 0 Å². The van der Waals surface area contributed by atoms with E-state index in [1.54, 1.807) is 0 Å². The Morgan fingerprint density at radius 2 is 0.779 bits per heavy atom. The van der Waals surface area contributed by atoms with E-state index >= 15 is 0 Å². The average molecular weight is 1230 g/mol. The van der Waals surface area contributed by atoms with Gasteiger partial charge >= 0.3 is 0 Å². The van der Waals surface area contributed by atoms with Crippen LogP contribution in [-0.4, -0.2) is 36.2 Å². The highest BCUT2D eigenvalue weighted by molar-refractivity contribution is 7.26. The Labute approximate surface area is 552 Å². The lowest BCUT2D eigenvalue weighted by molar-refractivity contribution is 1.07. The lowest BCUT2D eigenvalue weighted by Gasteiger charge is -2.44. The maximum atomic E-state index is 5.67. The van der Waals surface area contributed by atoms with Crippen molar-refractivity contribution < 1.29 is 0 Å². The first-order valence-corrected chi connectivity index (χ1v) is 32.9. The number of fused-ring (bicyclic) bond motifs is 11. The Morgan fingerprint density at radius 1 is 0.284 bits per heavy atom. The Balaban J connectivity index is 0.769. The number of aromatic nitrogens is 6. The number of hydrogen-bond acceptors (Lipinski definition) is 8.